The number of carbonyl (C=O) groups excluding carboxylic acids is 1. The van der Waals surface area contributed by atoms with E-state index in [0.717, 1.165) is 48.8 Å². The molecule has 160 valence electrons. The minimum absolute atomic E-state index is 0.0630. The number of hydrogen-bond donors (Lipinski definition) is 2. The molecular weight excluding hydrogens is 364 g/mol. The third-order valence-electron chi connectivity index (χ3n) is 8.40. The summed E-state index contributed by atoms with van der Waals surface area (Å²) < 4.78 is 6.79. The molecule has 4 aliphatic rings. The van der Waals surface area contributed by atoms with Gasteiger partial charge in [0.25, 0.3) is 0 Å². The van der Waals surface area contributed by atoms with Crippen molar-refractivity contribution in [2.45, 2.75) is 77.9 Å². The lowest BCUT2D eigenvalue weighted by Gasteiger charge is -2.43. The molecule has 4 rings (SSSR count). The van der Waals surface area contributed by atoms with Crippen molar-refractivity contribution in [1.82, 2.24) is 0 Å². The van der Waals surface area contributed by atoms with Crippen LogP contribution in [0.3, 0.4) is 0 Å². The van der Waals surface area contributed by atoms with Crippen LogP contribution in [0.4, 0.5) is 0 Å². The third-order valence-corrected chi connectivity index (χ3v) is 8.40. The van der Waals surface area contributed by atoms with Gasteiger partial charge in [-0.2, -0.15) is 0 Å². The predicted molar refractivity (Wildman–Crippen MR) is 113 cm³/mol. The van der Waals surface area contributed by atoms with E-state index in [1.807, 2.05) is 6.92 Å². The first-order chi connectivity index (χ1) is 13.7. The lowest BCUT2D eigenvalue weighted by atomic mass is 9.65. The Morgan fingerprint density at radius 1 is 1.31 bits per heavy atom. The van der Waals surface area contributed by atoms with Gasteiger partial charge < -0.3 is 14.9 Å². The second kappa shape index (κ2) is 7.47. The zero-order chi connectivity index (χ0) is 21.0. The molecule has 4 nitrogen and oxygen atoms in total. The number of hydrogen-bond acceptors (Lipinski definition) is 4. The Balaban J connectivity index is 1.71. The zero-order valence-electron chi connectivity index (χ0n) is 18.3. The first-order valence-corrected chi connectivity index (χ1v) is 11.3. The maximum absolute atomic E-state index is 12.7. The number of ketones is 1. The highest BCUT2D eigenvalue weighted by atomic mass is 16.5. The fourth-order valence-electron chi connectivity index (χ4n) is 6.83. The molecule has 0 unspecified atom stereocenters. The van der Waals surface area contributed by atoms with Gasteiger partial charge in [0.05, 0.1) is 24.9 Å². The summed E-state index contributed by atoms with van der Waals surface area (Å²) in [5, 5.41) is 19.4. The van der Waals surface area contributed by atoms with E-state index in [1.54, 1.807) is 0 Å². The number of aliphatic hydroxyl groups excluding tert-OH is 2. The van der Waals surface area contributed by atoms with Gasteiger partial charge in [-0.15, -0.1) is 0 Å². The molecule has 0 radical (unpaired) electrons. The summed E-state index contributed by atoms with van der Waals surface area (Å²) >= 11 is 0. The average molecular weight is 401 g/mol. The van der Waals surface area contributed by atoms with Crippen LogP contribution >= 0.6 is 0 Å². The van der Waals surface area contributed by atoms with Crippen LogP contribution in [0.1, 0.15) is 66.2 Å². The predicted octanol–water partition coefficient (Wildman–Crippen LogP) is 4.12. The summed E-state index contributed by atoms with van der Waals surface area (Å²) in [6.45, 7) is 8.83. The molecule has 4 heteroatoms. The number of allylic oxidation sites excluding steroid dienone is 2. The first kappa shape index (κ1) is 21.0. The van der Waals surface area contributed by atoms with Crippen LogP contribution < -0.4 is 0 Å². The molecular formula is C25H36O4. The van der Waals surface area contributed by atoms with Crippen LogP contribution in [0.15, 0.2) is 34.4 Å². The second-order valence-electron chi connectivity index (χ2n) is 10.4. The van der Waals surface area contributed by atoms with E-state index in [4.69, 9.17) is 4.74 Å². The van der Waals surface area contributed by atoms with Crippen LogP contribution in [0.5, 0.6) is 0 Å². The standard InChI is InChI=1S/C25H36O4/c1-15(13-26)9-19-11-17(3)25(29-19)8-7-24(4)12-20-16(2)10-21(28)23(20)18(14-27)5-6-22(24)25/h5,9,16-17,19,22,26-27H,6-8,10-14H2,1-4H3/b15-9+,18-5-/t16-,17+,19+,22-,24-,25+/m1/s1. The van der Waals surface area contributed by atoms with Crippen molar-refractivity contribution in [3.05, 3.63) is 34.4 Å². The Labute approximate surface area is 174 Å². The molecule has 1 saturated heterocycles. The van der Waals surface area contributed by atoms with Gasteiger partial charge in [0.1, 0.15) is 0 Å². The zero-order valence-corrected chi connectivity index (χ0v) is 18.3. The van der Waals surface area contributed by atoms with Crippen molar-refractivity contribution in [3.63, 3.8) is 0 Å². The quantitative estimate of drug-likeness (QED) is 0.699. The summed E-state index contributed by atoms with van der Waals surface area (Å²) in [6, 6.07) is 0. The van der Waals surface area contributed by atoms with Gasteiger partial charge in [0, 0.05) is 12.0 Å². The summed E-state index contributed by atoms with van der Waals surface area (Å²) in [6.07, 6.45) is 9.80. The molecule has 2 N–H and O–H groups in total. The number of fused-ring (bicyclic) bond motifs is 2. The Kier molecular flexibility index (Phi) is 5.42. The lowest BCUT2D eigenvalue weighted by molar-refractivity contribution is -0.115. The van der Waals surface area contributed by atoms with E-state index in [9.17, 15) is 15.0 Å². The lowest BCUT2D eigenvalue weighted by Crippen LogP contribution is -2.43. The SMILES string of the molecule is C/C(=C\[C@H]1C[C@H](C)[C@]2(CC[C@]3(C)CC4=C(C(=O)C[C@H]4C)/C(CO)=C\C[C@H]32)O1)CO. The molecule has 1 heterocycles. The van der Waals surface area contributed by atoms with Gasteiger partial charge in [-0.25, -0.2) is 0 Å². The number of aliphatic hydroxyl groups is 2. The summed E-state index contributed by atoms with van der Waals surface area (Å²) in [5.74, 6) is 1.29. The van der Waals surface area contributed by atoms with Gasteiger partial charge in [0.15, 0.2) is 5.78 Å². The summed E-state index contributed by atoms with van der Waals surface area (Å²) in [5.41, 5.74) is 3.84. The van der Waals surface area contributed by atoms with Crippen LogP contribution in [0.25, 0.3) is 0 Å². The van der Waals surface area contributed by atoms with E-state index in [1.165, 1.54) is 5.57 Å². The van der Waals surface area contributed by atoms with Crippen molar-refractivity contribution in [2.75, 3.05) is 13.2 Å². The summed E-state index contributed by atoms with van der Waals surface area (Å²) in [4.78, 5) is 12.7. The Bertz CT molecular complexity index is 791. The minimum atomic E-state index is -0.160. The molecule has 29 heavy (non-hydrogen) atoms. The van der Waals surface area contributed by atoms with Gasteiger partial charge in [0.2, 0.25) is 0 Å². The highest BCUT2D eigenvalue weighted by Gasteiger charge is 2.61. The van der Waals surface area contributed by atoms with Crippen molar-refractivity contribution >= 4 is 5.78 Å². The fraction of sp³-hybridized carbons (Fsp3) is 0.720. The van der Waals surface area contributed by atoms with E-state index in [2.05, 4.69) is 32.9 Å². The highest BCUT2D eigenvalue weighted by molar-refractivity contribution is 6.03. The third kappa shape index (κ3) is 3.28. The molecule has 6 atom stereocenters. The number of carbonyl (C=O) groups is 1. The van der Waals surface area contributed by atoms with E-state index in [0.29, 0.717) is 18.3 Å². The second-order valence-corrected chi connectivity index (χ2v) is 10.4. The smallest absolute Gasteiger partial charge is 0.163 e. The maximum Gasteiger partial charge on any atom is 0.163 e. The molecule has 0 aromatic heterocycles. The molecule has 0 bridgehead atoms. The largest absolute Gasteiger partial charge is 0.392 e. The number of ether oxygens (including phenoxy) is 1. The molecule has 2 fully saturated rings. The van der Waals surface area contributed by atoms with Crippen LogP contribution in [0.2, 0.25) is 0 Å². The van der Waals surface area contributed by atoms with Crippen molar-refractivity contribution in [2.24, 2.45) is 23.2 Å². The number of rotatable bonds is 3. The fourth-order valence-corrected chi connectivity index (χ4v) is 6.83. The topological polar surface area (TPSA) is 66.8 Å². The maximum atomic E-state index is 12.7. The van der Waals surface area contributed by atoms with E-state index in [-0.39, 0.29) is 42.0 Å². The Morgan fingerprint density at radius 3 is 2.76 bits per heavy atom. The highest BCUT2D eigenvalue weighted by Crippen LogP contribution is 2.63. The normalized spacial score (nSPS) is 44.6. The first-order valence-electron chi connectivity index (χ1n) is 11.3. The van der Waals surface area contributed by atoms with Crippen molar-refractivity contribution < 1.29 is 19.7 Å². The Hall–Kier alpha value is -1.23. The molecule has 0 aromatic rings. The van der Waals surface area contributed by atoms with Gasteiger partial charge in [-0.05, 0) is 73.3 Å². The molecule has 3 aliphatic carbocycles. The molecule has 1 spiro atoms. The van der Waals surface area contributed by atoms with Crippen LogP contribution in [0, 0.1) is 23.2 Å². The van der Waals surface area contributed by atoms with Crippen molar-refractivity contribution in [3.8, 4) is 0 Å². The minimum Gasteiger partial charge on any atom is -0.392 e. The average Bonchev–Trinajstić information content (AvgIpc) is 3.22. The van der Waals surface area contributed by atoms with Gasteiger partial charge in [-0.1, -0.05) is 38.5 Å². The Morgan fingerprint density at radius 2 is 2.07 bits per heavy atom. The van der Waals surface area contributed by atoms with Gasteiger partial charge in [-0.3, -0.25) is 4.79 Å². The van der Waals surface area contributed by atoms with Crippen LogP contribution in [-0.4, -0.2) is 40.9 Å². The monoisotopic (exact) mass is 400 g/mol. The van der Waals surface area contributed by atoms with Crippen LogP contribution in [-0.2, 0) is 9.53 Å². The number of Topliss-reactive ketones (excluding diaryl/α,β-unsaturated/α-hetero) is 1. The molecule has 1 saturated carbocycles. The van der Waals surface area contributed by atoms with E-state index >= 15 is 0 Å². The van der Waals surface area contributed by atoms with Crippen molar-refractivity contribution in [1.29, 1.82) is 0 Å². The molecule has 1 aliphatic heterocycles. The van der Waals surface area contributed by atoms with E-state index < -0.39 is 0 Å². The van der Waals surface area contributed by atoms with Gasteiger partial charge >= 0.3 is 0 Å². The summed E-state index contributed by atoms with van der Waals surface area (Å²) in [7, 11) is 0. The molecule has 0 amide bonds. The molecule has 0 aromatic carbocycles.